The first-order valence-electron chi connectivity index (χ1n) is 4.76. The Bertz CT molecular complexity index is 230. The first-order chi connectivity index (χ1) is 6.69. The molecule has 0 bridgehead atoms. The van der Waals surface area contributed by atoms with Gasteiger partial charge in [0.15, 0.2) is 0 Å². The summed E-state index contributed by atoms with van der Waals surface area (Å²) in [7, 11) is 1.58. The molecule has 0 aromatic carbocycles. The van der Waals surface area contributed by atoms with Gasteiger partial charge < -0.3 is 15.0 Å². The van der Waals surface area contributed by atoms with Crippen molar-refractivity contribution in [2.75, 3.05) is 26.8 Å². The fourth-order valence-corrected chi connectivity index (χ4v) is 1.44. The molecule has 1 aliphatic rings. The molecule has 2 amide bonds. The summed E-state index contributed by atoms with van der Waals surface area (Å²) in [5.41, 5.74) is 0. The Balaban J connectivity index is 2.55. The van der Waals surface area contributed by atoms with Gasteiger partial charge in [0, 0.05) is 13.7 Å². The third kappa shape index (κ3) is 2.45. The van der Waals surface area contributed by atoms with Crippen LogP contribution in [0, 0.1) is 0 Å². The van der Waals surface area contributed by atoms with Gasteiger partial charge in [0.25, 0.3) is 0 Å². The quantitative estimate of drug-likeness (QED) is 0.657. The van der Waals surface area contributed by atoms with Crippen LogP contribution in [0.4, 0.5) is 0 Å². The average molecular weight is 200 g/mol. The highest BCUT2D eigenvalue weighted by molar-refractivity contribution is 5.94. The maximum Gasteiger partial charge on any atom is 0.245 e. The van der Waals surface area contributed by atoms with Crippen molar-refractivity contribution in [3.63, 3.8) is 0 Å². The summed E-state index contributed by atoms with van der Waals surface area (Å²) in [4.78, 5) is 24.4. The number of hydrogen-bond acceptors (Lipinski definition) is 3. The highest BCUT2D eigenvalue weighted by Gasteiger charge is 2.30. The van der Waals surface area contributed by atoms with Crippen LogP contribution in [-0.2, 0) is 14.3 Å². The monoisotopic (exact) mass is 200 g/mol. The molecule has 1 rings (SSSR count). The maximum absolute atomic E-state index is 11.7. The van der Waals surface area contributed by atoms with Crippen molar-refractivity contribution in [3.8, 4) is 0 Å². The average Bonchev–Trinajstić information content (AvgIpc) is 2.18. The van der Waals surface area contributed by atoms with E-state index in [1.807, 2.05) is 6.92 Å². The predicted octanol–water partition coefficient (Wildman–Crippen LogP) is -0.630. The largest absolute Gasteiger partial charge is 0.383 e. The van der Waals surface area contributed by atoms with Crippen molar-refractivity contribution in [2.45, 2.75) is 19.4 Å². The van der Waals surface area contributed by atoms with Gasteiger partial charge in [0.2, 0.25) is 11.8 Å². The Morgan fingerprint density at radius 2 is 2.29 bits per heavy atom. The molecule has 1 aliphatic heterocycles. The normalized spacial score (nSPS) is 22.4. The molecule has 0 aliphatic carbocycles. The van der Waals surface area contributed by atoms with Gasteiger partial charge >= 0.3 is 0 Å². The van der Waals surface area contributed by atoms with E-state index < -0.39 is 0 Å². The SMILES string of the molecule is CCC1NC(=O)CN(CCOC)C1=O. The van der Waals surface area contributed by atoms with Gasteiger partial charge in [0.05, 0.1) is 13.2 Å². The first kappa shape index (κ1) is 11.0. The van der Waals surface area contributed by atoms with Crippen LogP contribution in [0.25, 0.3) is 0 Å². The zero-order chi connectivity index (χ0) is 10.6. The van der Waals surface area contributed by atoms with E-state index in [1.165, 1.54) is 4.90 Å². The van der Waals surface area contributed by atoms with Crippen molar-refractivity contribution in [1.82, 2.24) is 10.2 Å². The Morgan fingerprint density at radius 3 is 2.86 bits per heavy atom. The molecule has 1 unspecified atom stereocenters. The number of piperazine rings is 1. The first-order valence-corrected chi connectivity index (χ1v) is 4.76. The van der Waals surface area contributed by atoms with Crippen molar-refractivity contribution in [3.05, 3.63) is 0 Å². The summed E-state index contributed by atoms with van der Waals surface area (Å²) >= 11 is 0. The van der Waals surface area contributed by atoms with Gasteiger partial charge in [-0.15, -0.1) is 0 Å². The van der Waals surface area contributed by atoms with Crippen LogP contribution in [0.2, 0.25) is 0 Å². The van der Waals surface area contributed by atoms with Crippen LogP contribution >= 0.6 is 0 Å². The zero-order valence-electron chi connectivity index (χ0n) is 8.58. The van der Waals surface area contributed by atoms with Crippen molar-refractivity contribution >= 4 is 11.8 Å². The lowest BCUT2D eigenvalue weighted by Gasteiger charge is -2.31. The topological polar surface area (TPSA) is 58.6 Å². The van der Waals surface area contributed by atoms with E-state index in [0.717, 1.165) is 0 Å². The molecule has 0 aromatic rings. The fraction of sp³-hybridized carbons (Fsp3) is 0.778. The zero-order valence-corrected chi connectivity index (χ0v) is 8.58. The second kappa shape index (κ2) is 4.95. The molecule has 1 saturated heterocycles. The van der Waals surface area contributed by atoms with Gasteiger partial charge in [0.1, 0.15) is 6.04 Å². The van der Waals surface area contributed by atoms with Crippen molar-refractivity contribution < 1.29 is 14.3 Å². The van der Waals surface area contributed by atoms with Crippen LogP contribution in [0.5, 0.6) is 0 Å². The Kier molecular flexibility index (Phi) is 3.88. The van der Waals surface area contributed by atoms with E-state index in [-0.39, 0.29) is 24.4 Å². The second-order valence-electron chi connectivity index (χ2n) is 3.28. The second-order valence-corrected chi connectivity index (χ2v) is 3.28. The molecule has 80 valence electrons. The lowest BCUT2D eigenvalue weighted by atomic mass is 10.1. The standard InChI is InChI=1S/C9H16N2O3/c1-3-7-9(13)11(4-5-14-2)6-8(12)10-7/h7H,3-6H2,1-2H3,(H,10,12). The van der Waals surface area contributed by atoms with E-state index in [9.17, 15) is 9.59 Å². The summed E-state index contributed by atoms with van der Waals surface area (Å²) in [6, 6.07) is -0.354. The van der Waals surface area contributed by atoms with Gasteiger partial charge in [-0.1, -0.05) is 6.92 Å². The van der Waals surface area contributed by atoms with E-state index in [2.05, 4.69) is 5.32 Å². The number of nitrogens with zero attached hydrogens (tertiary/aromatic N) is 1. The number of carbonyl (C=O) groups excluding carboxylic acids is 2. The third-order valence-electron chi connectivity index (χ3n) is 2.25. The summed E-state index contributed by atoms with van der Waals surface area (Å²) < 4.78 is 4.87. The summed E-state index contributed by atoms with van der Waals surface area (Å²) in [6.07, 6.45) is 0.633. The number of amides is 2. The molecule has 0 aromatic heterocycles. The van der Waals surface area contributed by atoms with Crippen molar-refractivity contribution in [1.29, 1.82) is 0 Å². The summed E-state index contributed by atoms with van der Waals surface area (Å²) in [6.45, 7) is 2.98. The predicted molar refractivity (Wildman–Crippen MR) is 50.7 cm³/mol. The minimum Gasteiger partial charge on any atom is -0.383 e. The molecule has 1 heterocycles. The van der Waals surface area contributed by atoms with E-state index in [4.69, 9.17) is 4.74 Å². The minimum atomic E-state index is -0.354. The molecule has 0 saturated carbocycles. The smallest absolute Gasteiger partial charge is 0.245 e. The molecule has 0 spiro atoms. The number of ether oxygens (including phenoxy) is 1. The minimum absolute atomic E-state index is 0.0100. The Labute approximate surface area is 83.4 Å². The number of hydrogen-bond donors (Lipinski definition) is 1. The molecule has 14 heavy (non-hydrogen) atoms. The van der Waals surface area contributed by atoms with Crippen LogP contribution < -0.4 is 5.32 Å². The fourth-order valence-electron chi connectivity index (χ4n) is 1.44. The summed E-state index contributed by atoms with van der Waals surface area (Å²) in [5, 5.41) is 2.65. The van der Waals surface area contributed by atoms with Crippen LogP contribution in [0.1, 0.15) is 13.3 Å². The number of nitrogens with one attached hydrogen (secondary N) is 1. The lowest BCUT2D eigenvalue weighted by molar-refractivity contribution is -0.144. The third-order valence-corrected chi connectivity index (χ3v) is 2.25. The molecule has 1 atom stereocenters. The highest BCUT2D eigenvalue weighted by atomic mass is 16.5. The lowest BCUT2D eigenvalue weighted by Crippen LogP contribution is -2.58. The van der Waals surface area contributed by atoms with E-state index in [0.29, 0.717) is 19.6 Å². The Morgan fingerprint density at radius 1 is 1.57 bits per heavy atom. The molecule has 0 radical (unpaired) electrons. The number of rotatable bonds is 4. The maximum atomic E-state index is 11.7. The molecule has 5 nitrogen and oxygen atoms in total. The molecule has 5 heteroatoms. The summed E-state index contributed by atoms with van der Waals surface area (Å²) in [5.74, 6) is -0.100. The Hall–Kier alpha value is -1.10. The van der Waals surface area contributed by atoms with Crippen LogP contribution in [0.15, 0.2) is 0 Å². The van der Waals surface area contributed by atoms with E-state index in [1.54, 1.807) is 7.11 Å². The molecule has 1 fully saturated rings. The van der Waals surface area contributed by atoms with Gasteiger partial charge in [-0.3, -0.25) is 9.59 Å². The van der Waals surface area contributed by atoms with Gasteiger partial charge in [-0.05, 0) is 6.42 Å². The molecule has 1 N–H and O–H groups in total. The van der Waals surface area contributed by atoms with Crippen molar-refractivity contribution in [2.24, 2.45) is 0 Å². The molecular formula is C9H16N2O3. The van der Waals surface area contributed by atoms with Gasteiger partial charge in [-0.25, -0.2) is 0 Å². The number of carbonyl (C=O) groups is 2. The molecular weight excluding hydrogens is 184 g/mol. The van der Waals surface area contributed by atoms with Crippen LogP contribution in [0.3, 0.4) is 0 Å². The van der Waals surface area contributed by atoms with Gasteiger partial charge in [-0.2, -0.15) is 0 Å². The highest BCUT2D eigenvalue weighted by Crippen LogP contribution is 2.04. The van der Waals surface area contributed by atoms with Crippen LogP contribution in [-0.4, -0.2) is 49.6 Å². The van der Waals surface area contributed by atoms with E-state index >= 15 is 0 Å². The number of methoxy groups -OCH3 is 1.